The normalized spacial score (nSPS) is 11.1. The molecule has 0 spiro atoms. The number of nitrogens with one attached hydrogen (secondary N) is 1. The first-order valence-electron chi connectivity index (χ1n) is 11.7. The molecule has 178 valence electrons. The molecule has 0 atom stereocenters. The Labute approximate surface area is 228 Å². The molecule has 1 N–H and O–H groups in total. The van der Waals surface area contributed by atoms with Crippen molar-refractivity contribution in [2.45, 2.75) is 10.7 Å². The van der Waals surface area contributed by atoms with Gasteiger partial charge in [-0.3, -0.25) is 5.82 Å². The molecule has 0 aliphatic carbocycles. The minimum Gasteiger partial charge on any atom is -0.286 e. The molecule has 5 rings (SSSR count). The van der Waals surface area contributed by atoms with E-state index in [2.05, 4.69) is 138 Å². The lowest BCUT2D eigenvalue weighted by Gasteiger charge is -2.38. The summed E-state index contributed by atoms with van der Waals surface area (Å²) in [5.74, 6) is 7.24. The first kappa shape index (κ1) is 25.9. The molecule has 0 aliphatic rings. The summed E-state index contributed by atoms with van der Waals surface area (Å²) < 4.78 is -1.08. The minimum atomic E-state index is -1.47. The van der Waals surface area contributed by atoms with Gasteiger partial charge in [-0.1, -0.05) is 138 Å². The number of fused-ring (bicyclic) bond motifs is 1. The van der Waals surface area contributed by atoms with E-state index in [9.17, 15) is 0 Å². The van der Waals surface area contributed by atoms with E-state index >= 15 is 0 Å². The van der Waals surface area contributed by atoms with Gasteiger partial charge in [-0.2, -0.15) is 21.4 Å². The van der Waals surface area contributed by atoms with Gasteiger partial charge >= 0.3 is 0 Å². The standard InChI is InChI=1S/C29H21BN.C2H3Cl3/c1-4-13-25(14-5-1)30(26-15-6-2-7-16-26,27-17-8-3-9-18-27)23-22-28-21-20-24-12-10-11-19-29(24)31-28;1-2(3,4)5/h1-21H;1H3/q-1;/p+1. The van der Waals surface area contributed by atoms with Crippen LogP contribution in [0.3, 0.4) is 0 Å². The van der Waals surface area contributed by atoms with Crippen LogP contribution in [0.25, 0.3) is 10.9 Å². The quantitative estimate of drug-likeness (QED) is 0.153. The van der Waals surface area contributed by atoms with Crippen molar-refractivity contribution in [2.75, 3.05) is 0 Å². The van der Waals surface area contributed by atoms with Crippen LogP contribution < -0.4 is 21.4 Å². The Balaban J connectivity index is 0.000000556. The molecule has 5 aromatic rings. The summed E-state index contributed by atoms with van der Waals surface area (Å²) >= 11 is 15.2. The average molecular weight is 529 g/mol. The molecule has 0 saturated heterocycles. The van der Waals surface area contributed by atoms with Crippen LogP contribution in [0.4, 0.5) is 0 Å². The third-order valence-electron chi connectivity index (χ3n) is 5.98. The van der Waals surface area contributed by atoms with Gasteiger partial charge in [0.25, 0.3) is 5.69 Å². The number of rotatable bonds is 3. The summed E-state index contributed by atoms with van der Waals surface area (Å²) in [6, 6.07) is 44.4. The fraction of sp³-hybridized carbons (Fsp3) is 0.0645. The average Bonchev–Trinajstić information content (AvgIpc) is 2.90. The van der Waals surface area contributed by atoms with Crippen LogP contribution in [0.2, 0.25) is 0 Å². The fourth-order valence-electron chi connectivity index (χ4n) is 4.43. The van der Waals surface area contributed by atoms with Crippen molar-refractivity contribution < 1.29 is 4.98 Å². The molecule has 1 nitrogen and oxygen atoms in total. The van der Waals surface area contributed by atoms with Gasteiger partial charge in [0.05, 0.1) is 0 Å². The van der Waals surface area contributed by atoms with E-state index < -0.39 is 9.94 Å². The largest absolute Gasteiger partial charge is 0.286 e. The van der Waals surface area contributed by atoms with Gasteiger partial charge in [0, 0.05) is 17.5 Å². The predicted molar refractivity (Wildman–Crippen MR) is 157 cm³/mol. The number of benzene rings is 4. The number of aromatic amines is 1. The molecule has 1 aromatic heterocycles. The smallest absolute Gasteiger partial charge is 0.251 e. The van der Waals surface area contributed by atoms with Gasteiger partial charge < -0.3 is 0 Å². The molecule has 1 heterocycles. The number of hydrogen-bond acceptors (Lipinski definition) is 0. The second kappa shape index (κ2) is 11.7. The second-order valence-corrected chi connectivity index (χ2v) is 11.5. The van der Waals surface area contributed by atoms with Crippen molar-refractivity contribution in [2.24, 2.45) is 0 Å². The van der Waals surface area contributed by atoms with Crippen molar-refractivity contribution in [3.8, 4) is 11.7 Å². The Morgan fingerprint density at radius 2 is 1.00 bits per heavy atom. The number of hydrogen-bond donors (Lipinski definition) is 0. The number of para-hydroxylation sites is 1. The zero-order chi connectivity index (χ0) is 25.4. The highest BCUT2D eigenvalue weighted by molar-refractivity contribution is 7.16. The summed E-state index contributed by atoms with van der Waals surface area (Å²) in [4.78, 5) is 3.49. The van der Waals surface area contributed by atoms with E-state index in [0.29, 0.717) is 0 Å². The van der Waals surface area contributed by atoms with Crippen molar-refractivity contribution in [1.82, 2.24) is 0 Å². The molecule has 0 saturated carbocycles. The number of alkyl halides is 3. The first-order chi connectivity index (χ1) is 17.4. The molecule has 0 bridgehead atoms. The Bertz CT molecular complexity index is 1370. The zero-order valence-electron chi connectivity index (χ0n) is 19.8. The van der Waals surface area contributed by atoms with Crippen LogP contribution in [0.1, 0.15) is 12.6 Å². The van der Waals surface area contributed by atoms with Gasteiger partial charge in [-0.25, -0.2) is 0 Å². The third kappa shape index (κ3) is 6.51. The third-order valence-corrected chi connectivity index (χ3v) is 5.98. The molecular formula is C31H25BCl3N. The monoisotopic (exact) mass is 527 g/mol. The molecule has 0 unspecified atom stereocenters. The van der Waals surface area contributed by atoms with Crippen LogP contribution in [0.15, 0.2) is 127 Å². The summed E-state index contributed by atoms with van der Waals surface area (Å²) in [5.41, 5.74) is 5.65. The van der Waals surface area contributed by atoms with Crippen LogP contribution in [-0.2, 0) is 0 Å². The molecular weight excluding hydrogens is 504 g/mol. The summed E-state index contributed by atoms with van der Waals surface area (Å²) in [5, 5.41) is 1.18. The predicted octanol–water partition coefficient (Wildman–Crippen LogP) is 6.09. The summed E-state index contributed by atoms with van der Waals surface area (Å²) in [6.07, 6.45) is -1.47. The van der Waals surface area contributed by atoms with Crippen LogP contribution in [0, 0.1) is 11.7 Å². The van der Waals surface area contributed by atoms with Crippen molar-refractivity contribution in [3.05, 3.63) is 133 Å². The molecule has 4 aromatic carbocycles. The van der Waals surface area contributed by atoms with E-state index in [-0.39, 0.29) is 0 Å². The topological polar surface area (TPSA) is 14.1 Å². The molecule has 0 fully saturated rings. The maximum atomic E-state index is 5.06. The SMILES string of the molecule is C(#C[B-](c1ccccc1)(c1ccccc1)c1ccccc1)c1ccc2ccccc2[nH+]1.CC(Cl)(Cl)Cl. The summed E-state index contributed by atoms with van der Waals surface area (Å²) in [7, 11) is 0. The maximum Gasteiger partial charge on any atom is 0.251 e. The first-order valence-corrected chi connectivity index (χ1v) is 12.8. The Morgan fingerprint density at radius 3 is 1.47 bits per heavy atom. The van der Waals surface area contributed by atoms with E-state index in [0.717, 1.165) is 11.2 Å². The van der Waals surface area contributed by atoms with Gasteiger partial charge in [-0.05, 0) is 25.0 Å². The van der Waals surface area contributed by atoms with Gasteiger partial charge in [-0.15, -0.1) is 0 Å². The lowest BCUT2D eigenvalue weighted by molar-refractivity contribution is -0.348. The van der Waals surface area contributed by atoms with E-state index in [1.807, 2.05) is 6.07 Å². The van der Waals surface area contributed by atoms with Crippen LogP contribution in [-0.4, -0.2) is 9.94 Å². The van der Waals surface area contributed by atoms with Crippen LogP contribution in [0.5, 0.6) is 0 Å². The van der Waals surface area contributed by atoms with Crippen molar-refractivity contribution >= 4 is 68.2 Å². The van der Waals surface area contributed by atoms with E-state index in [1.54, 1.807) is 0 Å². The van der Waals surface area contributed by atoms with E-state index in [4.69, 9.17) is 34.8 Å². The van der Waals surface area contributed by atoms with Gasteiger partial charge in [0.2, 0.25) is 5.52 Å². The van der Waals surface area contributed by atoms with Gasteiger partial charge in [0.1, 0.15) is 6.15 Å². The number of pyridine rings is 1. The van der Waals surface area contributed by atoms with Crippen molar-refractivity contribution in [3.63, 3.8) is 0 Å². The van der Waals surface area contributed by atoms with E-state index in [1.165, 1.54) is 28.7 Å². The zero-order valence-corrected chi connectivity index (χ0v) is 22.1. The van der Waals surface area contributed by atoms with Crippen LogP contribution >= 0.6 is 34.8 Å². The maximum absolute atomic E-state index is 5.06. The highest BCUT2D eigenvalue weighted by atomic mass is 35.6. The molecule has 36 heavy (non-hydrogen) atoms. The second-order valence-electron chi connectivity index (χ2n) is 8.61. The molecule has 0 aliphatic heterocycles. The number of halogens is 3. The lowest BCUT2D eigenvalue weighted by atomic mass is 9.16. The summed E-state index contributed by atoms with van der Waals surface area (Å²) in [6.45, 7) is 1.48. The Morgan fingerprint density at radius 1 is 0.583 bits per heavy atom. The minimum absolute atomic E-state index is 0.910. The highest BCUT2D eigenvalue weighted by Gasteiger charge is 2.28. The number of H-pyrrole nitrogens is 1. The fourth-order valence-corrected chi connectivity index (χ4v) is 4.43. The molecule has 0 radical (unpaired) electrons. The van der Waals surface area contributed by atoms with Gasteiger partial charge in [0.15, 0.2) is 3.79 Å². The molecule has 0 amide bonds. The molecule has 5 heteroatoms. The van der Waals surface area contributed by atoms with Crippen molar-refractivity contribution in [1.29, 1.82) is 0 Å². The Hall–Kier alpha value is -3.22. The highest BCUT2D eigenvalue weighted by Crippen LogP contribution is 2.23. The Kier molecular flexibility index (Phi) is 8.39. The number of aromatic nitrogens is 1. The lowest BCUT2D eigenvalue weighted by Crippen LogP contribution is -2.66.